The molecule has 1 heterocycles. The second-order valence-electron chi connectivity index (χ2n) is 5.35. The van der Waals surface area contributed by atoms with Gasteiger partial charge in [0.2, 0.25) is 5.60 Å². The maximum atomic E-state index is 13.4. The van der Waals surface area contributed by atoms with Crippen molar-refractivity contribution in [2.24, 2.45) is 5.73 Å². The Bertz CT molecular complexity index is 736. The van der Waals surface area contributed by atoms with E-state index in [9.17, 15) is 26.3 Å². The highest BCUT2D eigenvalue weighted by Crippen LogP contribution is 2.67. The highest BCUT2D eigenvalue weighted by atomic mass is 19.4. The molecule has 2 atom stereocenters. The molecular weight excluding hydrogens is 326 g/mol. The van der Waals surface area contributed by atoms with Gasteiger partial charge >= 0.3 is 12.4 Å². The third-order valence-electron chi connectivity index (χ3n) is 3.88. The van der Waals surface area contributed by atoms with E-state index in [0.717, 1.165) is 24.3 Å². The van der Waals surface area contributed by atoms with Crippen LogP contribution in [0.15, 0.2) is 42.1 Å². The molecule has 2 aliphatic rings. The number of benzene rings is 1. The molecule has 1 aliphatic heterocycles. The maximum Gasteiger partial charge on any atom is 0.424 e. The standard InChI is InChI=1S/C14H10F6N2O/c15-13(16,17)10-5-7(21)1-2-9(10)11-4-3-8(22)6-12(11,23-11)14(18,19)20/h1-6H,21-22H2. The number of ether oxygens (including phenoxy) is 1. The van der Waals surface area contributed by atoms with E-state index in [0.29, 0.717) is 12.1 Å². The fourth-order valence-electron chi connectivity index (χ4n) is 2.83. The molecule has 1 saturated heterocycles. The first kappa shape index (κ1) is 15.7. The molecule has 1 aliphatic carbocycles. The van der Waals surface area contributed by atoms with E-state index in [1.807, 2.05) is 0 Å². The minimum Gasteiger partial charge on any atom is -0.399 e. The molecule has 1 aromatic rings. The van der Waals surface area contributed by atoms with Crippen molar-refractivity contribution in [3.63, 3.8) is 0 Å². The van der Waals surface area contributed by atoms with E-state index in [4.69, 9.17) is 16.2 Å². The van der Waals surface area contributed by atoms with Gasteiger partial charge in [0, 0.05) is 16.9 Å². The fourth-order valence-corrected chi connectivity index (χ4v) is 2.83. The van der Waals surface area contributed by atoms with E-state index in [2.05, 4.69) is 0 Å². The lowest BCUT2D eigenvalue weighted by molar-refractivity contribution is -0.170. The lowest BCUT2D eigenvalue weighted by Gasteiger charge is -2.24. The smallest absolute Gasteiger partial charge is 0.399 e. The predicted octanol–water partition coefficient (Wildman–Crippen LogP) is 3.23. The van der Waals surface area contributed by atoms with Crippen LogP contribution in [-0.4, -0.2) is 11.8 Å². The van der Waals surface area contributed by atoms with Crippen LogP contribution in [0.1, 0.15) is 11.1 Å². The molecule has 0 radical (unpaired) electrons. The number of fused-ring (bicyclic) bond motifs is 1. The van der Waals surface area contributed by atoms with E-state index in [-0.39, 0.29) is 11.4 Å². The first-order chi connectivity index (χ1) is 10.4. The highest BCUT2D eigenvalue weighted by Gasteiger charge is 2.82. The maximum absolute atomic E-state index is 13.4. The summed E-state index contributed by atoms with van der Waals surface area (Å²) in [6.07, 6.45) is -7.25. The molecule has 0 saturated carbocycles. The summed E-state index contributed by atoms with van der Waals surface area (Å²) >= 11 is 0. The third kappa shape index (κ3) is 2.03. The zero-order chi connectivity index (χ0) is 17.3. The normalized spacial score (nSPS) is 29.9. The molecule has 0 aromatic heterocycles. The van der Waals surface area contributed by atoms with E-state index in [1.54, 1.807) is 0 Å². The molecule has 0 amide bonds. The molecule has 0 spiro atoms. The quantitative estimate of drug-likeness (QED) is 0.470. The minimum atomic E-state index is -4.94. The third-order valence-corrected chi connectivity index (χ3v) is 3.88. The van der Waals surface area contributed by atoms with Gasteiger partial charge in [0.05, 0.1) is 5.56 Å². The van der Waals surface area contributed by atoms with Crippen LogP contribution in [0.2, 0.25) is 0 Å². The van der Waals surface area contributed by atoms with Gasteiger partial charge in [-0.1, -0.05) is 6.07 Å². The molecule has 23 heavy (non-hydrogen) atoms. The van der Waals surface area contributed by atoms with Crippen LogP contribution in [0.3, 0.4) is 0 Å². The lowest BCUT2D eigenvalue weighted by Crippen LogP contribution is -2.39. The Morgan fingerprint density at radius 1 is 1.00 bits per heavy atom. The molecule has 124 valence electrons. The van der Waals surface area contributed by atoms with Crippen LogP contribution >= 0.6 is 0 Å². The number of epoxide rings is 1. The van der Waals surface area contributed by atoms with Gasteiger partial charge in [0.1, 0.15) is 0 Å². The van der Waals surface area contributed by atoms with Crippen LogP contribution < -0.4 is 11.5 Å². The van der Waals surface area contributed by atoms with Gasteiger partial charge in [-0.2, -0.15) is 26.3 Å². The van der Waals surface area contributed by atoms with Crippen LogP contribution in [-0.2, 0) is 16.5 Å². The number of alkyl halides is 6. The number of allylic oxidation sites excluding steroid dienone is 1. The Hall–Kier alpha value is -2.16. The largest absolute Gasteiger partial charge is 0.424 e. The van der Waals surface area contributed by atoms with Crippen LogP contribution in [0.25, 0.3) is 0 Å². The summed E-state index contributed by atoms with van der Waals surface area (Å²) in [7, 11) is 0. The van der Waals surface area contributed by atoms with Gasteiger partial charge in [0.15, 0.2) is 5.60 Å². The molecular formula is C14H10F6N2O. The summed E-state index contributed by atoms with van der Waals surface area (Å²) in [6, 6.07) is 2.57. The number of halogens is 6. The first-order valence-electron chi connectivity index (χ1n) is 6.35. The molecule has 4 N–H and O–H groups in total. The van der Waals surface area contributed by atoms with E-state index in [1.165, 1.54) is 0 Å². The minimum absolute atomic E-state index is 0.217. The van der Waals surface area contributed by atoms with Crippen molar-refractivity contribution in [1.82, 2.24) is 0 Å². The summed E-state index contributed by atoms with van der Waals surface area (Å²) < 4.78 is 84.7. The molecule has 3 nitrogen and oxygen atoms in total. The average Bonchev–Trinajstić information content (AvgIpc) is 3.08. The lowest BCUT2D eigenvalue weighted by atomic mass is 9.79. The van der Waals surface area contributed by atoms with Crippen molar-refractivity contribution in [2.45, 2.75) is 23.6 Å². The van der Waals surface area contributed by atoms with Gasteiger partial charge in [-0.3, -0.25) is 0 Å². The van der Waals surface area contributed by atoms with E-state index < -0.39 is 34.7 Å². The molecule has 9 heteroatoms. The predicted molar refractivity (Wildman–Crippen MR) is 68.8 cm³/mol. The van der Waals surface area contributed by atoms with E-state index >= 15 is 0 Å². The second kappa shape index (κ2) is 4.22. The van der Waals surface area contributed by atoms with Gasteiger partial charge in [-0.25, -0.2) is 0 Å². The number of rotatable bonds is 1. The van der Waals surface area contributed by atoms with Crippen LogP contribution in [0, 0.1) is 0 Å². The summed E-state index contributed by atoms with van der Waals surface area (Å²) in [5.41, 5.74) is 3.12. The Morgan fingerprint density at radius 2 is 1.65 bits per heavy atom. The zero-order valence-corrected chi connectivity index (χ0v) is 11.3. The first-order valence-corrected chi connectivity index (χ1v) is 6.35. The summed E-state index contributed by atoms with van der Waals surface area (Å²) in [5, 5.41) is 0. The summed E-state index contributed by atoms with van der Waals surface area (Å²) in [5.74, 6) is 0. The molecule has 1 fully saturated rings. The number of nitrogens with two attached hydrogens (primary N) is 2. The molecule has 2 unspecified atom stereocenters. The molecule has 3 rings (SSSR count). The molecule has 1 aromatic carbocycles. The topological polar surface area (TPSA) is 64.6 Å². The van der Waals surface area contributed by atoms with Crippen molar-refractivity contribution in [3.8, 4) is 0 Å². The monoisotopic (exact) mass is 336 g/mol. The SMILES string of the molecule is NC1=CC2(C(F)(F)F)OC2(c2ccc(N)cc2C(F)(F)F)C=C1. The Balaban J connectivity index is 2.23. The summed E-state index contributed by atoms with van der Waals surface area (Å²) in [6.45, 7) is 0. The number of hydrogen-bond donors (Lipinski definition) is 2. The van der Waals surface area contributed by atoms with Crippen molar-refractivity contribution in [1.29, 1.82) is 0 Å². The number of anilines is 1. The fraction of sp³-hybridized carbons (Fsp3) is 0.286. The van der Waals surface area contributed by atoms with Gasteiger partial charge < -0.3 is 16.2 Å². The van der Waals surface area contributed by atoms with Crippen molar-refractivity contribution < 1.29 is 31.1 Å². The number of hydrogen-bond acceptors (Lipinski definition) is 3. The zero-order valence-electron chi connectivity index (χ0n) is 11.3. The Labute approximate surface area is 126 Å². The van der Waals surface area contributed by atoms with Crippen molar-refractivity contribution in [3.05, 3.63) is 53.3 Å². The molecule has 0 bridgehead atoms. The van der Waals surface area contributed by atoms with Crippen LogP contribution in [0.5, 0.6) is 0 Å². The van der Waals surface area contributed by atoms with Crippen molar-refractivity contribution >= 4 is 5.69 Å². The second-order valence-corrected chi connectivity index (χ2v) is 5.35. The van der Waals surface area contributed by atoms with Crippen LogP contribution in [0.4, 0.5) is 32.0 Å². The summed E-state index contributed by atoms with van der Waals surface area (Å²) in [4.78, 5) is 0. The Morgan fingerprint density at radius 3 is 2.22 bits per heavy atom. The number of nitrogen functional groups attached to an aromatic ring is 1. The highest BCUT2D eigenvalue weighted by molar-refractivity contribution is 5.57. The van der Waals surface area contributed by atoms with Crippen molar-refractivity contribution in [2.75, 3.05) is 5.73 Å². The average molecular weight is 336 g/mol. The Kier molecular flexibility index (Phi) is 2.89. The van der Waals surface area contributed by atoms with Gasteiger partial charge in [0.25, 0.3) is 0 Å². The van der Waals surface area contributed by atoms with Gasteiger partial charge in [-0.05, 0) is 30.4 Å². The van der Waals surface area contributed by atoms with Gasteiger partial charge in [-0.15, -0.1) is 0 Å².